The van der Waals surface area contributed by atoms with Gasteiger partial charge in [-0.25, -0.2) is 0 Å². The molecule has 30 heavy (non-hydrogen) atoms. The van der Waals surface area contributed by atoms with Crippen molar-refractivity contribution in [3.8, 4) is 0 Å². The molecule has 0 unspecified atom stereocenters. The van der Waals surface area contributed by atoms with Crippen LogP contribution in [0.1, 0.15) is 110 Å². The molecule has 0 fully saturated rings. The van der Waals surface area contributed by atoms with E-state index in [4.69, 9.17) is 10.2 Å². The molecule has 0 aliphatic carbocycles. The van der Waals surface area contributed by atoms with Crippen LogP contribution >= 0.6 is 0 Å². The quantitative estimate of drug-likeness (QED) is 0.129. The van der Waals surface area contributed by atoms with Gasteiger partial charge in [0, 0.05) is 0 Å². The van der Waals surface area contributed by atoms with Crippen molar-refractivity contribution < 1.29 is 32.4 Å². The zero-order valence-corrected chi connectivity index (χ0v) is 19.5. The van der Waals surface area contributed by atoms with Crippen LogP contribution in [0.4, 0.5) is 0 Å². The molecule has 2 N–H and O–H groups in total. The molecule has 0 aromatic rings. The molecular formula is C22H42O7S. The second kappa shape index (κ2) is 18.6. The lowest BCUT2D eigenvalue weighted by Crippen LogP contribution is -2.29. The van der Waals surface area contributed by atoms with E-state index in [0.717, 1.165) is 19.3 Å². The van der Waals surface area contributed by atoms with Gasteiger partial charge in [0.2, 0.25) is 0 Å². The Hall–Kier alpha value is -1.15. The van der Waals surface area contributed by atoms with Gasteiger partial charge in [0.05, 0.1) is 12.4 Å². The zero-order chi connectivity index (χ0) is 22.7. The summed E-state index contributed by atoms with van der Waals surface area (Å²) in [4.78, 5) is 21.4. The number of carbonyl (C=O) groups is 2. The molecule has 0 aliphatic heterocycles. The first-order valence-corrected chi connectivity index (χ1v) is 13.2. The predicted molar refractivity (Wildman–Crippen MR) is 118 cm³/mol. The van der Waals surface area contributed by atoms with E-state index in [1.807, 2.05) is 0 Å². The van der Waals surface area contributed by atoms with Gasteiger partial charge in [0.25, 0.3) is 10.1 Å². The predicted octanol–water partition coefficient (Wildman–Crippen LogP) is 5.38. The first-order valence-electron chi connectivity index (χ1n) is 11.6. The molecule has 178 valence electrons. The van der Waals surface area contributed by atoms with Crippen molar-refractivity contribution in [1.82, 2.24) is 0 Å². The summed E-state index contributed by atoms with van der Waals surface area (Å²) in [5.41, 5.74) is 0. The van der Waals surface area contributed by atoms with E-state index >= 15 is 0 Å². The Morgan fingerprint density at radius 1 is 0.667 bits per heavy atom. The van der Waals surface area contributed by atoms with Crippen LogP contribution in [0.3, 0.4) is 0 Å². The highest BCUT2D eigenvalue weighted by Gasteiger charge is 2.28. The summed E-state index contributed by atoms with van der Waals surface area (Å²) in [7, 11) is -3.89. The van der Waals surface area contributed by atoms with Crippen molar-refractivity contribution in [2.24, 2.45) is 5.92 Å². The third-order valence-electron chi connectivity index (χ3n) is 5.26. The number of aliphatic carboxylic acids is 2. The minimum atomic E-state index is -3.89. The lowest BCUT2D eigenvalue weighted by molar-refractivity contribution is -0.155. The van der Waals surface area contributed by atoms with E-state index in [2.05, 4.69) is 11.1 Å². The Morgan fingerprint density at radius 2 is 1.00 bits per heavy atom. The molecule has 8 heteroatoms. The van der Waals surface area contributed by atoms with E-state index in [-0.39, 0.29) is 5.75 Å². The largest absolute Gasteiger partial charge is 0.481 e. The molecule has 0 saturated heterocycles. The van der Waals surface area contributed by atoms with Crippen LogP contribution in [-0.2, 0) is 23.9 Å². The first kappa shape index (κ1) is 28.9. The van der Waals surface area contributed by atoms with E-state index in [1.165, 1.54) is 77.0 Å². The first-order chi connectivity index (χ1) is 14.3. The highest BCUT2D eigenvalue weighted by Crippen LogP contribution is 2.14. The highest BCUT2D eigenvalue weighted by atomic mass is 32.2. The molecule has 0 saturated carbocycles. The normalized spacial score (nSPS) is 11.8. The molecule has 0 rings (SSSR count). The molecule has 0 heterocycles. The van der Waals surface area contributed by atoms with Crippen LogP contribution in [0.25, 0.3) is 0 Å². The molecule has 0 bridgehead atoms. The molecule has 0 radical (unpaired) electrons. The molecule has 0 atom stereocenters. The number of unbranched alkanes of at least 4 members (excludes halogenated alkanes) is 15. The summed E-state index contributed by atoms with van der Waals surface area (Å²) < 4.78 is 28.0. The van der Waals surface area contributed by atoms with Crippen molar-refractivity contribution >= 4 is 22.1 Å². The topological polar surface area (TPSA) is 118 Å². The van der Waals surface area contributed by atoms with E-state index < -0.39 is 34.6 Å². The number of carboxylic acids is 2. The van der Waals surface area contributed by atoms with Gasteiger partial charge in [-0.3, -0.25) is 13.8 Å². The lowest BCUT2D eigenvalue weighted by atomic mass is 10.0. The summed E-state index contributed by atoms with van der Waals surface area (Å²) in [6.45, 7) is 1.37. The van der Waals surface area contributed by atoms with Gasteiger partial charge in [0.1, 0.15) is 0 Å². The van der Waals surface area contributed by atoms with Gasteiger partial charge in [-0.15, -0.1) is 0 Å². The van der Waals surface area contributed by atoms with Crippen molar-refractivity contribution in [3.05, 3.63) is 0 Å². The number of rotatable bonds is 22. The number of hydrogen-bond donors (Lipinski definition) is 2. The fourth-order valence-corrected chi connectivity index (χ4v) is 4.32. The highest BCUT2D eigenvalue weighted by molar-refractivity contribution is 7.86. The number of carboxylic acid groups (broad SMARTS) is 2. The summed E-state index contributed by atoms with van der Waals surface area (Å²) >= 11 is 0. The van der Waals surface area contributed by atoms with Crippen LogP contribution in [0.5, 0.6) is 0 Å². The van der Waals surface area contributed by atoms with Crippen LogP contribution < -0.4 is 0 Å². The summed E-state index contributed by atoms with van der Waals surface area (Å²) in [6, 6.07) is 0. The van der Waals surface area contributed by atoms with Crippen LogP contribution in [0, 0.1) is 5.92 Å². The minimum absolute atomic E-state index is 0.211. The Bertz CT molecular complexity index is 532. The number of hydrogen-bond acceptors (Lipinski definition) is 5. The van der Waals surface area contributed by atoms with Gasteiger partial charge in [-0.1, -0.05) is 103 Å². The van der Waals surface area contributed by atoms with Crippen LogP contribution in [0.15, 0.2) is 0 Å². The minimum Gasteiger partial charge on any atom is -0.481 e. The van der Waals surface area contributed by atoms with E-state index in [9.17, 15) is 18.0 Å². The second-order valence-corrected chi connectivity index (χ2v) is 9.84. The van der Waals surface area contributed by atoms with Gasteiger partial charge in [-0.05, 0) is 6.42 Å². The van der Waals surface area contributed by atoms with Gasteiger partial charge < -0.3 is 10.2 Å². The maximum atomic E-state index is 11.7. The second-order valence-electron chi connectivity index (χ2n) is 8.08. The lowest BCUT2D eigenvalue weighted by Gasteiger charge is -2.09. The average molecular weight is 451 g/mol. The monoisotopic (exact) mass is 450 g/mol. The molecule has 0 aromatic heterocycles. The van der Waals surface area contributed by atoms with Gasteiger partial charge in [0.15, 0.2) is 5.92 Å². The van der Waals surface area contributed by atoms with Gasteiger partial charge in [-0.2, -0.15) is 8.42 Å². The Balaban J connectivity index is 3.50. The summed E-state index contributed by atoms with van der Waals surface area (Å²) in [6.07, 6.45) is 19.1. The third-order valence-corrected chi connectivity index (χ3v) is 6.54. The summed E-state index contributed by atoms with van der Waals surface area (Å²) in [5.74, 6) is -5.30. The Labute approximate surface area is 182 Å². The van der Waals surface area contributed by atoms with Crippen molar-refractivity contribution in [1.29, 1.82) is 0 Å². The molecule has 0 aliphatic rings. The maximum Gasteiger partial charge on any atom is 0.320 e. The van der Waals surface area contributed by atoms with Crippen LogP contribution in [-0.4, -0.2) is 42.9 Å². The Kier molecular flexibility index (Phi) is 17.9. The van der Waals surface area contributed by atoms with Crippen molar-refractivity contribution in [2.75, 3.05) is 12.4 Å². The van der Waals surface area contributed by atoms with Crippen molar-refractivity contribution in [3.63, 3.8) is 0 Å². The SMILES string of the molecule is CCCCCCCCCCCCCCCCCCS(=O)(=O)OCC(C(=O)O)C(=O)O. The van der Waals surface area contributed by atoms with E-state index in [0.29, 0.717) is 6.42 Å². The smallest absolute Gasteiger partial charge is 0.320 e. The van der Waals surface area contributed by atoms with Crippen molar-refractivity contribution in [2.45, 2.75) is 110 Å². The molecule has 7 nitrogen and oxygen atoms in total. The molecule has 0 aromatic carbocycles. The average Bonchev–Trinajstić information content (AvgIpc) is 2.67. The zero-order valence-electron chi connectivity index (χ0n) is 18.6. The van der Waals surface area contributed by atoms with Crippen LogP contribution in [0.2, 0.25) is 0 Å². The standard InChI is InChI=1S/C22H42O7S/c1-2-3-4-5-6-7-8-9-10-11-12-13-14-15-16-17-18-30(27,28)29-19-20(21(23)24)22(25)26/h20H,2-19H2,1H3,(H,23,24)(H,25,26). The fraction of sp³-hybridized carbons (Fsp3) is 0.909. The van der Waals surface area contributed by atoms with E-state index in [1.54, 1.807) is 0 Å². The molecule has 0 amide bonds. The Morgan fingerprint density at radius 3 is 1.33 bits per heavy atom. The maximum absolute atomic E-state index is 11.7. The van der Waals surface area contributed by atoms with Gasteiger partial charge >= 0.3 is 11.9 Å². The fourth-order valence-electron chi connectivity index (χ4n) is 3.31. The summed E-state index contributed by atoms with van der Waals surface area (Å²) in [5, 5.41) is 17.4. The third kappa shape index (κ3) is 17.7. The molecule has 0 spiro atoms. The molecular weight excluding hydrogens is 408 g/mol.